The maximum absolute atomic E-state index is 15.6. The molecule has 13 heteroatoms. The first-order valence-electron chi connectivity index (χ1n) is 18.0. The van der Waals surface area contributed by atoms with E-state index in [-0.39, 0.29) is 24.5 Å². The van der Waals surface area contributed by atoms with Crippen LogP contribution in [0.25, 0.3) is 0 Å². The van der Waals surface area contributed by atoms with Crippen molar-refractivity contribution in [3.8, 4) is 5.75 Å². The largest absolute Gasteiger partial charge is 0.491 e. The Morgan fingerprint density at radius 1 is 0.836 bits per heavy atom. The number of hydrogen-bond donors (Lipinski definition) is 3. The highest BCUT2D eigenvalue weighted by atomic mass is 16.6. The Kier molecular flexibility index (Phi) is 10.2. The summed E-state index contributed by atoms with van der Waals surface area (Å²) in [5, 5.41) is 23.3. The fourth-order valence-corrected chi connectivity index (χ4v) is 8.58. The lowest BCUT2D eigenvalue weighted by Gasteiger charge is -2.46. The van der Waals surface area contributed by atoms with E-state index in [1.54, 1.807) is 67.3 Å². The predicted molar refractivity (Wildman–Crippen MR) is 198 cm³/mol. The zero-order chi connectivity index (χ0) is 39.0. The molecule has 284 valence electrons. The molecule has 4 aromatic carbocycles. The van der Waals surface area contributed by atoms with Crippen LogP contribution in [0, 0.1) is 11.8 Å². The molecule has 2 fully saturated rings. The first kappa shape index (κ1) is 37.3. The van der Waals surface area contributed by atoms with Gasteiger partial charge in [0, 0.05) is 0 Å². The standard InChI is InChI=1S/C42H41N3O10/c1-24(2)32(38(49)53-3)43-41(52)44-30-17-11-10-16-29(30)42(40(44)51)31(37(47)48)34-39(50)55-35(26-14-8-5-9-15-26)33(25-12-6-4-7-13-25)45(34)36(42)27-18-20-28(21-19-27)54-23-22-46/h4-21,24,31-36,46H,22-23H2,1-3H3,(H,43,52)(H,47,48). The maximum Gasteiger partial charge on any atom is 0.329 e. The minimum Gasteiger partial charge on any atom is -0.491 e. The number of nitrogens with one attached hydrogen (secondary N) is 1. The van der Waals surface area contributed by atoms with E-state index in [4.69, 9.17) is 14.2 Å². The summed E-state index contributed by atoms with van der Waals surface area (Å²) >= 11 is 0. The van der Waals surface area contributed by atoms with Crippen LogP contribution >= 0.6 is 0 Å². The summed E-state index contributed by atoms with van der Waals surface area (Å²) in [6.45, 7) is 3.23. The number of aliphatic carboxylic acids is 1. The molecule has 0 aromatic heterocycles. The second-order valence-electron chi connectivity index (χ2n) is 14.1. The molecule has 3 aliphatic rings. The Labute approximate surface area is 317 Å². The van der Waals surface area contributed by atoms with Gasteiger partial charge in [-0.2, -0.15) is 0 Å². The van der Waals surface area contributed by atoms with E-state index in [2.05, 4.69) is 5.32 Å². The van der Waals surface area contributed by atoms with Crippen LogP contribution in [-0.2, 0) is 34.1 Å². The number of carboxylic acids is 1. The number of para-hydroxylation sites is 1. The second-order valence-corrected chi connectivity index (χ2v) is 14.1. The molecule has 0 saturated carbocycles. The molecule has 2 saturated heterocycles. The zero-order valence-corrected chi connectivity index (χ0v) is 30.4. The van der Waals surface area contributed by atoms with E-state index >= 15 is 4.79 Å². The number of carbonyl (C=O) groups excluding carboxylic acids is 4. The minimum absolute atomic E-state index is 0.0293. The van der Waals surface area contributed by atoms with Crippen LogP contribution in [0.15, 0.2) is 109 Å². The van der Waals surface area contributed by atoms with Gasteiger partial charge in [-0.1, -0.05) is 105 Å². The first-order chi connectivity index (χ1) is 26.6. The average Bonchev–Trinajstić information content (AvgIpc) is 3.66. The molecule has 0 radical (unpaired) electrons. The van der Waals surface area contributed by atoms with E-state index in [0.29, 0.717) is 22.4 Å². The van der Waals surface area contributed by atoms with Crippen LogP contribution in [0.4, 0.5) is 10.5 Å². The molecule has 7 unspecified atom stereocenters. The molecule has 55 heavy (non-hydrogen) atoms. The highest BCUT2D eigenvalue weighted by Gasteiger charge is 2.76. The van der Waals surface area contributed by atoms with Gasteiger partial charge in [0.15, 0.2) is 0 Å². The van der Waals surface area contributed by atoms with Crippen molar-refractivity contribution in [2.24, 2.45) is 11.8 Å². The fraction of sp³-hybridized carbons (Fsp3) is 0.310. The number of esters is 2. The Hall–Kier alpha value is -6.05. The monoisotopic (exact) mass is 747 g/mol. The first-order valence-corrected chi connectivity index (χ1v) is 18.0. The lowest BCUT2D eigenvalue weighted by atomic mass is 9.65. The van der Waals surface area contributed by atoms with Crippen LogP contribution in [0.1, 0.15) is 54.3 Å². The smallest absolute Gasteiger partial charge is 0.329 e. The molecule has 7 atom stereocenters. The van der Waals surface area contributed by atoms with Gasteiger partial charge in [0.25, 0.3) is 0 Å². The number of ether oxygens (including phenoxy) is 3. The topological polar surface area (TPSA) is 172 Å². The number of carboxylic acid groups (broad SMARTS) is 1. The van der Waals surface area contributed by atoms with Gasteiger partial charge in [-0.15, -0.1) is 0 Å². The summed E-state index contributed by atoms with van der Waals surface area (Å²) < 4.78 is 16.9. The molecule has 3 amide bonds. The van der Waals surface area contributed by atoms with Crippen molar-refractivity contribution in [1.82, 2.24) is 10.2 Å². The summed E-state index contributed by atoms with van der Waals surface area (Å²) in [6, 6.07) is 25.9. The third-order valence-electron chi connectivity index (χ3n) is 10.8. The Bertz CT molecular complexity index is 2090. The number of urea groups is 1. The van der Waals surface area contributed by atoms with Crippen molar-refractivity contribution in [3.63, 3.8) is 0 Å². The number of imide groups is 1. The van der Waals surface area contributed by atoms with Gasteiger partial charge in [-0.3, -0.25) is 19.3 Å². The van der Waals surface area contributed by atoms with E-state index in [0.717, 1.165) is 4.90 Å². The summed E-state index contributed by atoms with van der Waals surface area (Å²) in [5.41, 5.74) is 0.0674. The Balaban J connectivity index is 1.50. The number of anilines is 1. The maximum atomic E-state index is 15.6. The highest BCUT2D eigenvalue weighted by molar-refractivity contribution is 6.24. The van der Waals surface area contributed by atoms with Crippen molar-refractivity contribution >= 4 is 35.5 Å². The third-order valence-corrected chi connectivity index (χ3v) is 10.8. The summed E-state index contributed by atoms with van der Waals surface area (Å²) in [6.07, 6.45) is -0.926. The summed E-state index contributed by atoms with van der Waals surface area (Å²) in [7, 11) is 1.19. The number of rotatable bonds is 10. The average molecular weight is 748 g/mol. The van der Waals surface area contributed by atoms with Gasteiger partial charge in [0.05, 0.1) is 31.5 Å². The molecule has 13 nitrogen and oxygen atoms in total. The van der Waals surface area contributed by atoms with Crippen molar-refractivity contribution in [2.45, 2.75) is 49.5 Å². The number of amides is 3. The fourth-order valence-electron chi connectivity index (χ4n) is 8.58. The number of aliphatic hydroxyl groups excluding tert-OH is 1. The Morgan fingerprint density at radius 3 is 2.05 bits per heavy atom. The molecule has 3 aliphatic heterocycles. The number of nitrogens with zero attached hydrogens (tertiary/aromatic N) is 2. The van der Waals surface area contributed by atoms with Crippen LogP contribution in [0.3, 0.4) is 0 Å². The van der Waals surface area contributed by atoms with Crippen LogP contribution in [0.2, 0.25) is 0 Å². The Morgan fingerprint density at radius 2 is 1.45 bits per heavy atom. The minimum atomic E-state index is -2.09. The van der Waals surface area contributed by atoms with Gasteiger partial charge < -0.3 is 29.7 Å². The molecular formula is C42H41N3O10. The number of hydrogen-bond acceptors (Lipinski definition) is 10. The van der Waals surface area contributed by atoms with E-state index in [1.807, 2.05) is 60.7 Å². The van der Waals surface area contributed by atoms with E-state index in [1.165, 1.54) is 7.11 Å². The number of morpholine rings is 1. The highest BCUT2D eigenvalue weighted by Crippen LogP contribution is 2.65. The van der Waals surface area contributed by atoms with E-state index in [9.17, 15) is 29.4 Å². The molecule has 1 spiro atoms. The van der Waals surface area contributed by atoms with Crippen molar-refractivity contribution in [3.05, 3.63) is 131 Å². The lowest BCUT2D eigenvalue weighted by molar-refractivity contribution is -0.179. The third kappa shape index (κ3) is 6.09. The van der Waals surface area contributed by atoms with Crippen molar-refractivity contribution in [2.75, 3.05) is 25.2 Å². The SMILES string of the molecule is COC(=O)C(NC(=O)N1C(=O)C2(c3ccccc31)C(C(=O)O)C1C(=O)OC(c3ccccc3)C(c3ccccc3)N1C2c1ccc(OCCO)cc1)C(C)C. The van der Waals surface area contributed by atoms with Gasteiger partial charge in [0.1, 0.15) is 41.9 Å². The van der Waals surface area contributed by atoms with E-state index < -0.39 is 77.4 Å². The van der Waals surface area contributed by atoms with Gasteiger partial charge in [-0.05, 0) is 46.4 Å². The zero-order valence-electron chi connectivity index (χ0n) is 30.4. The van der Waals surface area contributed by atoms with Crippen molar-refractivity contribution < 1.29 is 48.4 Å². The molecule has 0 bridgehead atoms. The quantitative estimate of drug-likeness (QED) is 0.192. The number of fused-ring (bicyclic) bond motifs is 3. The van der Waals surface area contributed by atoms with Crippen LogP contribution in [0.5, 0.6) is 5.75 Å². The van der Waals surface area contributed by atoms with Gasteiger partial charge >= 0.3 is 23.9 Å². The molecule has 3 N–H and O–H groups in total. The number of benzene rings is 4. The van der Waals surface area contributed by atoms with Crippen LogP contribution < -0.4 is 15.0 Å². The number of carbonyl (C=O) groups is 5. The normalized spacial score (nSPS) is 24.9. The molecular weight excluding hydrogens is 706 g/mol. The second kappa shape index (κ2) is 15.0. The summed E-state index contributed by atoms with van der Waals surface area (Å²) in [4.78, 5) is 73.9. The molecule has 7 rings (SSSR count). The molecule has 0 aliphatic carbocycles. The number of cyclic esters (lactones) is 1. The predicted octanol–water partition coefficient (Wildman–Crippen LogP) is 4.72. The lowest BCUT2D eigenvalue weighted by Crippen LogP contribution is -2.56. The van der Waals surface area contributed by atoms with Crippen LogP contribution in [-0.4, -0.2) is 77.4 Å². The number of aliphatic hydroxyl groups is 1. The number of methoxy groups -OCH3 is 1. The van der Waals surface area contributed by atoms with Gasteiger partial charge in [-0.25, -0.2) is 14.5 Å². The molecule has 3 heterocycles. The summed E-state index contributed by atoms with van der Waals surface area (Å²) in [5.74, 6) is -5.66. The van der Waals surface area contributed by atoms with Gasteiger partial charge in [0.2, 0.25) is 5.91 Å². The molecule has 4 aromatic rings. The van der Waals surface area contributed by atoms with Crippen molar-refractivity contribution in [1.29, 1.82) is 0 Å².